The van der Waals surface area contributed by atoms with E-state index in [1.165, 1.54) is 17.7 Å². The minimum Gasteiger partial charge on any atom is -0.483 e. The molecule has 0 aliphatic rings. The minimum atomic E-state index is -0.702. The smallest absolute Gasteiger partial charge is 0.191 e. The first-order valence-electron chi connectivity index (χ1n) is 8.49. The first-order chi connectivity index (χ1) is 12.6. The summed E-state index contributed by atoms with van der Waals surface area (Å²) in [5.41, 5.74) is 4.59. The van der Waals surface area contributed by atoms with Crippen molar-refractivity contribution in [3.05, 3.63) is 90.0 Å². The van der Waals surface area contributed by atoms with Crippen molar-refractivity contribution >= 4 is 0 Å². The molecule has 3 aromatic rings. The summed E-state index contributed by atoms with van der Waals surface area (Å²) >= 11 is 0. The number of hydrogen-bond acceptors (Lipinski definition) is 1. The summed E-state index contributed by atoms with van der Waals surface area (Å²) in [5.74, 6) is -1.75. The number of halogens is 2. The van der Waals surface area contributed by atoms with Gasteiger partial charge in [0.05, 0.1) is 0 Å². The third-order valence-electron chi connectivity index (χ3n) is 4.16. The highest BCUT2D eigenvalue weighted by Gasteiger charge is 2.13. The van der Waals surface area contributed by atoms with Crippen LogP contribution in [-0.4, -0.2) is 6.61 Å². The zero-order valence-corrected chi connectivity index (χ0v) is 14.8. The summed E-state index contributed by atoms with van der Waals surface area (Å²) in [5, 5.41) is 0. The zero-order chi connectivity index (χ0) is 18.5. The van der Waals surface area contributed by atoms with E-state index >= 15 is 0 Å². The van der Waals surface area contributed by atoms with Crippen molar-refractivity contribution in [2.75, 3.05) is 6.61 Å². The Balaban J connectivity index is 1.86. The summed E-state index contributed by atoms with van der Waals surface area (Å²) in [4.78, 5) is 0. The summed E-state index contributed by atoms with van der Waals surface area (Å²) in [6.45, 7) is 4.00. The Hall–Kier alpha value is -2.94. The Morgan fingerprint density at radius 1 is 0.769 bits per heavy atom. The van der Waals surface area contributed by atoms with Crippen molar-refractivity contribution in [3.8, 4) is 28.0 Å². The number of rotatable bonds is 5. The molecule has 3 aromatic carbocycles. The number of ether oxygens (including phenoxy) is 1. The van der Waals surface area contributed by atoms with Gasteiger partial charge in [-0.1, -0.05) is 66.2 Å². The van der Waals surface area contributed by atoms with Gasteiger partial charge in [0.15, 0.2) is 17.4 Å². The van der Waals surface area contributed by atoms with Crippen molar-refractivity contribution < 1.29 is 13.5 Å². The van der Waals surface area contributed by atoms with E-state index in [4.69, 9.17) is 4.74 Å². The molecule has 0 aromatic heterocycles. The molecule has 0 fully saturated rings. The lowest BCUT2D eigenvalue weighted by atomic mass is 9.99. The van der Waals surface area contributed by atoms with E-state index in [1.54, 1.807) is 12.2 Å². The Bertz CT molecular complexity index is 887. The summed E-state index contributed by atoms with van der Waals surface area (Å²) < 4.78 is 33.6. The standard InChI is InChI=1S/C23H20F2O/c1-3-4-13-26-23-21(24)14-20(15-22(23)25)19-11-9-18(10-12-19)17-7-5-16(2)6-8-17/h3-12,14-15H,13H2,1-2H3/b4-3+. The molecule has 0 bridgehead atoms. The number of hydrogen-bond donors (Lipinski definition) is 0. The minimum absolute atomic E-state index is 0.134. The zero-order valence-electron chi connectivity index (χ0n) is 14.8. The van der Waals surface area contributed by atoms with Gasteiger partial charge in [0.25, 0.3) is 0 Å². The van der Waals surface area contributed by atoms with Crippen LogP contribution < -0.4 is 4.74 Å². The maximum atomic E-state index is 14.2. The highest BCUT2D eigenvalue weighted by Crippen LogP contribution is 2.30. The van der Waals surface area contributed by atoms with Crippen LogP contribution in [0.4, 0.5) is 8.78 Å². The van der Waals surface area contributed by atoms with E-state index in [-0.39, 0.29) is 12.4 Å². The summed E-state index contributed by atoms with van der Waals surface area (Å²) in [6.07, 6.45) is 3.45. The van der Waals surface area contributed by atoms with Gasteiger partial charge in [0.2, 0.25) is 0 Å². The summed E-state index contributed by atoms with van der Waals surface area (Å²) in [6, 6.07) is 18.5. The van der Waals surface area contributed by atoms with E-state index in [0.717, 1.165) is 16.7 Å². The topological polar surface area (TPSA) is 9.23 Å². The molecule has 0 heterocycles. The SMILES string of the molecule is C/C=C/COc1c(F)cc(-c2ccc(-c3ccc(C)cc3)cc2)cc1F. The van der Waals surface area contributed by atoms with Crippen LogP contribution in [0, 0.1) is 18.6 Å². The predicted octanol–water partition coefficient (Wildman–Crippen LogP) is 6.56. The van der Waals surface area contributed by atoms with Crippen molar-refractivity contribution in [3.63, 3.8) is 0 Å². The first kappa shape index (κ1) is 17.9. The van der Waals surface area contributed by atoms with Crippen LogP contribution in [0.1, 0.15) is 12.5 Å². The molecule has 26 heavy (non-hydrogen) atoms. The van der Waals surface area contributed by atoms with Gasteiger partial charge in [-0.3, -0.25) is 0 Å². The molecule has 0 radical (unpaired) electrons. The molecule has 0 amide bonds. The van der Waals surface area contributed by atoms with Gasteiger partial charge in [0, 0.05) is 0 Å². The highest BCUT2D eigenvalue weighted by atomic mass is 19.1. The Morgan fingerprint density at radius 3 is 1.73 bits per heavy atom. The molecular formula is C23H20F2O. The van der Waals surface area contributed by atoms with Crippen molar-refractivity contribution in [2.45, 2.75) is 13.8 Å². The van der Waals surface area contributed by atoms with Crippen molar-refractivity contribution in [1.29, 1.82) is 0 Å². The van der Waals surface area contributed by atoms with E-state index < -0.39 is 11.6 Å². The predicted molar refractivity (Wildman–Crippen MR) is 102 cm³/mol. The second-order valence-electron chi connectivity index (χ2n) is 6.09. The average molecular weight is 350 g/mol. The lowest BCUT2D eigenvalue weighted by Gasteiger charge is -2.10. The molecule has 0 aliphatic carbocycles. The number of aryl methyl sites for hydroxylation is 1. The normalized spacial score (nSPS) is 11.1. The third kappa shape index (κ3) is 3.99. The molecular weight excluding hydrogens is 330 g/mol. The van der Waals surface area contributed by atoms with Gasteiger partial charge in [-0.2, -0.15) is 0 Å². The van der Waals surface area contributed by atoms with Crippen molar-refractivity contribution in [1.82, 2.24) is 0 Å². The number of benzene rings is 3. The van der Waals surface area contributed by atoms with Gasteiger partial charge < -0.3 is 4.74 Å². The second kappa shape index (κ2) is 7.96. The Morgan fingerprint density at radius 2 is 1.23 bits per heavy atom. The lowest BCUT2D eigenvalue weighted by Crippen LogP contribution is -1.99. The van der Waals surface area contributed by atoms with Crippen LogP contribution in [0.3, 0.4) is 0 Å². The molecule has 0 aliphatic heterocycles. The molecule has 3 rings (SSSR count). The van der Waals surface area contributed by atoms with Crippen LogP contribution >= 0.6 is 0 Å². The summed E-state index contributed by atoms with van der Waals surface area (Å²) in [7, 11) is 0. The molecule has 1 nitrogen and oxygen atoms in total. The fraction of sp³-hybridized carbons (Fsp3) is 0.130. The van der Waals surface area contributed by atoms with Crippen LogP contribution in [0.5, 0.6) is 5.75 Å². The second-order valence-corrected chi connectivity index (χ2v) is 6.09. The van der Waals surface area contributed by atoms with Gasteiger partial charge in [-0.25, -0.2) is 8.78 Å². The van der Waals surface area contributed by atoms with E-state index in [1.807, 2.05) is 38.1 Å². The molecule has 0 N–H and O–H groups in total. The van der Waals surface area contributed by atoms with Crippen LogP contribution in [-0.2, 0) is 0 Å². The van der Waals surface area contributed by atoms with Gasteiger partial charge >= 0.3 is 0 Å². The molecule has 0 spiro atoms. The average Bonchev–Trinajstić information content (AvgIpc) is 2.65. The third-order valence-corrected chi connectivity index (χ3v) is 4.16. The van der Waals surface area contributed by atoms with E-state index in [9.17, 15) is 8.78 Å². The Labute approximate surface area is 152 Å². The highest BCUT2D eigenvalue weighted by molar-refractivity contribution is 5.71. The maximum Gasteiger partial charge on any atom is 0.191 e. The molecule has 0 saturated carbocycles. The molecule has 0 atom stereocenters. The van der Waals surface area contributed by atoms with E-state index in [2.05, 4.69) is 24.3 Å². The molecule has 0 unspecified atom stereocenters. The van der Waals surface area contributed by atoms with E-state index in [0.29, 0.717) is 5.56 Å². The van der Waals surface area contributed by atoms with Gasteiger partial charge in [-0.15, -0.1) is 0 Å². The molecule has 132 valence electrons. The van der Waals surface area contributed by atoms with Crippen LogP contribution in [0.25, 0.3) is 22.3 Å². The maximum absolute atomic E-state index is 14.2. The van der Waals surface area contributed by atoms with Gasteiger partial charge in [0.1, 0.15) is 6.61 Å². The molecule has 0 saturated heterocycles. The van der Waals surface area contributed by atoms with Crippen molar-refractivity contribution in [2.24, 2.45) is 0 Å². The monoisotopic (exact) mass is 350 g/mol. The van der Waals surface area contributed by atoms with Crippen LogP contribution in [0.15, 0.2) is 72.8 Å². The largest absolute Gasteiger partial charge is 0.483 e. The Kier molecular flexibility index (Phi) is 5.47. The van der Waals surface area contributed by atoms with Gasteiger partial charge in [-0.05, 0) is 48.2 Å². The fourth-order valence-corrected chi connectivity index (χ4v) is 2.69. The fourth-order valence-electron chi connectivity index (χ4n) is 2.69. The molecule has 3 heteroatoms. The lowest BCUT2D eigenvalue weighted by molar-refractivity contribution is 0.320. The first-order valence-corrected chi connectivity index (χ1v) is 8.49. The quantitative estimate of drug-likeness (QED) is 0.473. The van der Waals surface area contributed by atoms with Crippen LogP contribution in [0.2, 0.25) is 0 Å². The number of allylic oxidation sites excluding steroid dienone is 1.